The van der Waals surface area contributed by atoms with Crippen LogP contribution in [0.5, 0.6) is 0 Å². The molecule has 0 aliphatic heterocycles. The summed E-state index contributed by atoms with van der Waals surface area (Å²) in [6.07, 6.45) is 8.29. The summed E-state index contributed by atoms with van der Waals surface area (Å²) in [5.74, 6) is 1.18. The molecule has 0 saturated heterocycles. The molecule has 0 amide bonds. The van der Waals surface area contributed by atoms with Crippen LogP contribution in [0.4, 0.5) is 0 Å². The van der Waals surface area contributed by atoms with Crippen LogP contribution in [-0.4, -0.2) is 26.3 Å². The molecule has 1 aliphatic rings. The van der Waals surface area contributed by atoms with Gasteiger partial charge in [0.2, 0.25) is 10.0 Å². The Morgan fingerprint density at radius 2 is 1.46 bits per heavy atom. The van der Waals surface area contributed by atoms with E-state index < -0.39 is 14.8 Å². The normalized spacial score (nSPS) is 21.0. The van der Waals surface area contributed by atoms with Gasteiger partial charge in [-0.25, -0.2) is 13.1 Å². The first-order valence-corrected chi connectivity index (χ1v) is 12.5. The number of unbranched alkanes of at least 4 members (excludes halogenated alkanes) is 1. The van der Waals surface area contributed by atoms with Crippen molar-refractivity contribution < 1.29 is 8.42 Å². The van der Waals surface area contributed by atoms with E-state index in [1.807, 2.05) is 0 Å². The van der Waals surface area contributed by atoms with E-state index in [0.29, 0.717) is 18.4 Å². The lowest BCUT2D eigenvalue weighted by atomic mass is 9.82. The van der Waals surface area contributed by atoms with E-state index in [2.05, 4.69) is 41.2 Å². The molecule has 0 atom stereocenters. The van der Waals surface area contributed by atoms with Gasteiger partial charge in [0, 0.05) is 13.1 Å². The molecular formula is C23H40N2O2S. The molecule has 4 nitrogen and oxygen atoms in total. The van der Waals surface area contributed by atoms with Crippen molar-refractivity contribution in [3.63, 3.8) is 0 Å². The van der Waals surface area contributed by atoms with E-state index in [0.717, 1.165) is 25.9 Å². The Morgan fingerprint density at radius 1 is 0.929 bits per heavy atom. The number of hydrogen-bond acceptors (Lipinski definition) is 3. The first-order chi connectivity index (χ1) is 13.2. The van der Waals surface area contributed by atoms with E-state index >= 15 is 0 Å². The topological polar surface area (TPSA) is 58.2 Å². The van der Waals surface area contributed by atoms with E-state index in [4.69, 9.17) is 0 Å². The zero-order chi connectivity index (χ0) is 20.6. The fraction of sp³-hybridized carbons (Fsp3) is 0.739. The molecule has 0 unspecified atom stereocenters. The van der Waals surface area contributed by atoms with Crippen molar-refractivity contribution in [3.05, 3.63) is 35.4 Å². The van der Waals surface area contributed by atoms with Gasteiger partial charge in [-0.05, 0) is 88.8 Å². The van der Waals surface area contributed by atoms with Gasteiger partial charge in [0.15, 0.2) is 0 Å². The van der Waals surface area contributed by atoms with Crippen molar-refractivity contribution in [1.29, 1.82) is 0 Å². The Bertz CT molecular complexity index is 670. The molecule has 1 aromatic carbocycles. The average molecular weight is 409 g/mol. The van der Waals surface area contributed by atoms with Crippen molar-refractivity contribution in [1.82, 2.24) is 10.0 Å². The van der Waals surface area contributed by atoms with Crippen LogP contribution in [0.3, 0.4) is 0 Å². The van der Waals surface area contributed by atoms with Gasteiger partial charge in [0.25, 0.3) is 0 Å². The summed E-state index contributed by atoms with van der Waals surface area (Å²) >= 11 is 0. The SMILES string of the molecule is CCCCc1ccc(CNC[C@H]2CC[C@@H](CNS(=O)(=O)C(C)(C)C)CC2)cc1. The molecule has 2 N–H and O–H groups in total. The number of aryl methyl sites for hydroxylation is 1. The number of rotatable bonds is 10. The lowest BCUT2D eigenvalue weighted by molar-refractivity contribution is 0.267. The van der Waals surface area contributed by atoms with Crippen LogP contribution in [0.2, 0.25) is 0 Å². The molecule has 1 fully saturated rings. The molecular weight excluding hydrogens is 368 g/mol. The zero-order valence-corrected chi connectivity index (χ0v) is 19.1. The molecule has 0 radical (unpaired) electrons. The maximum Gasteiger partial charge on any atom is 0.216 e. The van der Waals surface area contributed by atoms with E-state index in [-0.39, 0.29) is 0 Å². The molecule has 0 bridgehead atoms. The number of nitrogens with one attached hydrogen (secondary N) is 2. The Morgan fingerprint density at radius 3 is 2.00 bits per heavy atom. The smallest absolute Gasteiger partial charge is 0.216 e. The standard InChI is InChI=1S/C23H40N2O2S/c1-5-6-7-19-8-10-20(11-9-19)16-24-17-21-12-14-22(15-13-21)18-25-28(26,27)23(2,3)4/h8-11,21-22,24-25H,5-7,12-18H2,1-4H3/t21-,22+. The molecule has 0 spiro atoms. The average Bonchev–Trinajstić information content (AvgIpc) is 2.66. The fourth-order valence-corrected chi connectivity index (χ4v) is 4.60. The molecule has 0 heterocycles. The summed E-state index contributed by atoms with van der Waals surface area (Å²) < 4.78 is 26.5. The highest BCUT2D eigenvalue weighted by atomic mass is 32.2. The highest BCUT2D eigenvalue weighted by Crippen LogP contribution is 2.28. The van der Waals surface area contributed by atoms with Crippen LogP contribution in [-0.2, 0) is 23.0 Å². The van der Waals surface area contributed by atoms with Gasteiger partial charge in [-0.15, -0.1) is 0 Å². The highest BCUT2D eigenvalue weighted by Gasteiger charge is 2.30. The van der Waals surface area contributed by atoms with Crippen molar-refractivity contribution in [2.24, 2.45) is 11.8 Å². The molecule has 2 rings (SSSR count). The predicted octanol–water partition coefficient (Wildman–Crippen LogP) is 4.64. The Balaban J connectivity index is 1.64. The Kier molecular flexibility index (Phi) is 8.97. The maximum absolute atomic E-state index is 12.2. The molecule has 1 saturated carbocycles. The van der Waals surface area contributed by atoms with Crippen molar-refractivity contribution in [3.8, 4) is 0 Å². The molecule has 1 aliphatic carbocycles. The van der Waals surface area contributed by atoms with Crippen LogP contribution in [0.1, 0.15) is 77.3 Å². The minimum atomic E-state index is -3.23. The number of benzene rings is 1. The molecule has 160 valence electrons. The Labute approximate surface area is 172 Å². The molecule has 1 aromatic rings. The number of hydrogen-bond donors (Lipinski definition) is 2. The van der Waals surface area contributed by atoms with Crippen LogP contribution < -0.4 is 10.0 Å². The summed E-state index contributed by atoms with van der Waals surface area (Å²) in [6.45, 7) is 10.0. The molecule has 5 heteroatoms. The zero-order valence-electron chi connectivity index (χ0n) is 18.3. The molecule has 0 aromatic heterocycles. The van der Waals surface area contributed by atoms with Crippen LogP contribution in [0, 0.1) is 11.8 Å². The third kappa shape index (κ3) is 7.49. The second kappa shape index (κ2) is 10.7. The second-order valence-electron chi connectivity index (χ2n) is 9.40. The van der Waals surface area contributed by atoms with Crippen LogP contribution in [0.15, 0.2) is 24.3 Å². The lowest BCUT2D eigenvalue weighted by Gasteiger charge is -2.30. The minimum absolute atomic E-state index is 0.476. The van der Waals surface area contributed by atoms with Gasteiger partial charge in [0.1, 0.15) is 0 Å². The van der Waals surface area contributed by atoms with Gasteiger partial charge < -0.3 is 5.32 Å². The summed E-state index contributed by atoms with van der Waals surface area (Å²) in [7, 11) is -3.23. The van der Waals surface area contributed by atoms with E-state index in [1.54, 1.807) is 20.8 Å². The summed E-state index contributed by atoms with van der Waals surface area (Å²) in [5.41, 5.74) is 2.79. The lowest BCUT2D eigenvalue weighted by Crippen LogP contribution is -2.42. The van der Waals surface area contributed by atoms with Crippen molar-refractivity contribution in [2.45, 2.75) is 83.9 Å². The maximum atomic E-state index is 12.2. The summed E-state index contributed by atoms with van der Waals surface area (Å²) in [4.78, 5) is 0. The van der Waals surface area contributed by atoms with Gasteiger partial charge in [0.05, 0.1) is 4.75 Å². The Hall–Kier alpha value is -0.910. The largest absolute Gasteiger partial charge is 0.312 e. The number of sulfonamides is 1. The van der Waals surface area contributed by atoms with Crippen molar-refractivity contribution in [2.75, 3.05) is 13.1 Å². The summed E-state index contributed by atoms with van der Waals surface area (Å²) in [5, 5.41) is 3.61. The first kappa shape index (κ1) is 23.4. The fourth-order valence-electron chi connectivity index (χ4n) is 3.71. The summed E-state index contributed by atoms with van der Waals surface area (Å²) in [6, 6.07) is 9.01. The quantitative estimate of drug-likeness (QED) is 0.593. The predicted molar refractivity (Wildman–Crippen MR) is 119 cm³/mol. The highest BCUT2D eigenvalue weighted by molar-refractivity contribution is 7.90. The van der Waals surface area contributed by atoms with Crippen molar-refractivity contribution >= 4 is 10.0 Å². The van der Waals surface area contributed by atoms with E-state index in [9.17, 15) is 8.42 Å². The third-order valence-corrected chi connectivity index (χ3v) is 8.10. The first-order valence-electron chi connectivity index (χ1n) is 11.0. The second-order valence-corrected chi connectivity index (χ2v) is 11.9. The minimum Gasteiger partial charge on any atom is -0.312 e. The van der Waals surface area contributed by atoms with Gasteiger partial charge >= 0.3 is 0 Å². The monoisotopic (exact) mass is 408 g/mol. The third-order valence-electron chi connectivity index (χ3n) is 5.94. The van der Waals surface area contributed by atoms with Gasteiger partial charge in [-0.3, -0.25) is 0 Å². The molecule has 28 heavy (non-hydrogen) atoms. The van der Waals surface area contributed by atoms with Crippen LogP contribution >= 0.6 is 0 Å². The van der Waals surface area contributed by atoms with Gasteiger partial charge in [-0.2, -0.15) is 0 Å². The van der Waals surface area contributed by atoms with E-state index in [1.165, 1.54) is 43.2 Å². The van der Waals surface area contributed by atoms with Gasteiger partial charge in [-0.1, -0.05) is 37.6 Å². The van der Waals surface area contributed by atoms with Crippen LogP contribution in [0.25, 0.3) is 0 Å².